The van der Waals surface area contributed by atoms with Crippen molar-refractivity contribution in [3.8, 4) is 5.75 Å². The van der Waals surface area contributed by atoms with Gasteiger partial charge in [-0.15, -0.1) is 0 Å². The lowest BCUT2D eigenvalue weighted by Crippen LogP contribution is -2.11. The average molecular weight is 387 g/mol. The highest BCUT2D eigenvalue weighted by atomic mass is 32.3. The summed E-state index contributed by atoms with van der Waals surface area (Å²) in [5, 5.41) is 0. The summed E-state index contributed by atoms with van der Waals surface area (Å²) >= 11 is 0. The minimum atomic E-state index is -4.39. The summed E-state index contributed by atoms with van der Waals surface area (Å²) < 4.78 is 38.8. The second kappa shape index (κ2) is 14.0. The van der Waals surface area contributed by atoms with Crippen molar-refractivity contribution in [1.29, 1.82) is 0 Å². The van der Waals surface area contributed by atoms with E-state index in [1.165, 1.54) is 69.8 Å². The molecule has 0 aromatic heterocycles. The molecule has 0 bridgehead atoms. The lowest BCUT2D eigenvalue weighted by molar-refractivity contribution is 0.202. The van der Waals surface area contributed by atoms with E-state index in [1.54, 1.807) is 0 Å². The van der Waals surface area contributed by atoms with Crippen LogP contribution in [0.25, 0.3) is 0 Å². The quantitative estimate of drug-likeness (QED) is 0.306. The molecule has 0 aliphatic heterocycles. The Balaban J connectivity index is 2.03. The fourth-order valence-electron chi connectivity index (χ4n) is 2.87. The molecular weight excluding hydrogens is 352 g/mol. The van der Waals surface area contributed by atoms with Gasteiger partial charge in [-0.25, -0.2) is 4.18 Å². The average Bonchev–Trinajstić information content (AvgIpc) is 2.61. The van der Waals surface area contributed by atoms with Crippen LogP contribution in [0.4, 0.5) is 0 Å². The fraction of sp³-hybridized carbons (Fsp3) is 0.700. The highest BCUT2D eigenvalue weighted by Crippen LogP contribution is 2.15. The van der Waals surface area contributed by atoms with E-state index in [-0.39, 0.29) is 13.2 Å². The van der Waals surface area contributed by atoms with E-state index in [0.29, 0.717) is 5.75 Å². The van der Waals surface area contributed by atoms with Crippen LogP contribution >= 0.6 is 0 Å². The van der Waals surface area contributed by atoms with Crippen molar-refractivity contribution in [2.45, 2.75) is 77.6 Å². The summed E-state index contributed by atoms with van der Waals surface area (Å²) in [4.78, 5) is 0. The molecule has 0 aliphatic rings. The third-order valence-corrected chi connectivity index (χ3v) is 4.79. The van der Waals surface area contributed by atoms with Crippen LogP contribution in [0.15, 0.2) is 24.3 Å². The van der Waals surface area contributed by atoms with E-state index in [1.807, 2.05) is 24.3 Å². The molecule has 1 aromatic rings. The topological polar surface area (TPSA) is 72.8 Å². The maximum atomic E-state index is 10.4. The van der Waals surface area contributed by atoms with Gasteiger partial charge in [-0.05, 0) is 30.5 Å². The van der Waals surface area contributed by atoms with Crippen molar-refractivity contribution in [3.05, 3.63) is 29.8 Å². The smallest absolute Gasteiger partial charge is 0.397 e. The first-order valence-corrected chi connectivity index (χ1v) is 11.2. The summed E-state index contributed by atoms with van der Waals surface area (Å²) in [5.74, 6) is 0.663. The van der Waals surface area contributed by atoms with E-state index >= 15 is 0 Å². The molecule has 0 fully saturated rings. The van der Waals surface area contributed by atoms with Crippen molar-refractivity contribution < 1.29 is 21.9 Å². The molecule has 0 radical (unpaired) electrons. The highest BCUT2D eigenvalue weighted by molar-refractivity contribution is 7.80. The molecule has 0 unspecified atom stereocenters. The van der Waals surface area contributed by atoms with Crippen molar-refractivity contribution in [2.75, 3.05) is 13.2 Å². The second-order valence-corrected chi connectivity index (χ2v) is 7.77. The molecule has 150 valence electrons. The Labute approximate surface area is 159 Å². The molecule has 0 amide bonds. The number of hydrogen-bond acceptors (Lipinski definition) is 4. The van der Waals surface area contributed by atoms with E-state index < -0.39 is 10.4 Å². The lowest BCUT2D eigenvalue weighted by Gasteiger charge is -2.07. The third kappa shape index (κ3) is 13.1. The number of hydrogen-bond donors (Lipinski definition) is 1. The van der Waals surface area contributed by atoms with Gasteiger partial charge in [0, 0.05) is 0 Å². The van der Waals surface area contributed by atoms with E-state index in [0.717, 1.165) is 6.42 Å². The minimum Gasteiger partial charge on any atom is -0.491 e. The van der Waals surface area contributed by atoms with Gasteiger partial charge >= 0.3 is 10.4 Å². The lowest BCUT2D eigenvalue weighted by atomic mass is 10.0. The van der Waals surface area contributed by atoms with Crippen LogP contribution in [0.2, 0.25) is 0 Å². The molecule has 1 rings (SSSR count). The molecular formula is C20H34O5S. The molecule has 26 heavy (non-hydrogen) atoms. The Bertz CT molecular complexity index is 554. The zero-order valence-electron chi connectivity index (χ0n) is 16.0. The van der Waals surface area contributed by atoms with Crippen LogP contribution < -0.4 is 4.74 Å². The van der Waals surface area contributed by atoms with Gasteiger partial charge in [0.15, 0.2) is 0 Å². The van der Waals surface area contributed by atoms with Gasteiger partial charge in [0.05, 0.1) is 0 Å². The maximum absolute atomic E-state index is 10.4. The Hall–Kier alpha value is -1.11. The predicted molar refractivity (Wildman–Crippen MR) is 105 cm³/mol. The van der Waals surface area contributed by atoms with E-state index in [4.69, 9.17) is 9.29 Å². The highest BCUT2D eigenvalue weighted by Gasteiger charge is 2.03. The summed E-state index contributed by atoms with van der Waals surface area (Å²) in [5.41, 5.74) is 1.28. The molecule has 0 saturated heterocycles. The molecule has 5 nitrogen and oxygen atoms in total. The summed E-state index contributed by atoms with van der Waals surface area (Å²) in [6, 6.07) is 7.82. The monoisotopic (exact) mass is 386 g/mol. The Kier molecular flexibility index (Phi) is 12.4. The zero-order chi connectivity index (χ0) is 19.1. The summed E-state index contributed by atoms with van der Waals surface area (Å²) in [6.07, 6.45) is 14.5. The fourth-order valence-corrected chi connectivity index (χ4v) is 3.15. The maximum Gasteiger partial charge on any atom is 0.397 e. The molecule has 1 N–H and O–H groups in total. The van der Waals surface area contributed by atoms with Crippen LogP contribution in [0, 0.1) is 0 Å². The number of benzene rings is 1. The van der Waals surface area contributed by atoms with E-state index in [9.17, 15) is 8.42 Å². The predicted octanol–water partition coefficient (Wildman–Crippen LogP) is 5.35. The van der Waals surface area contributed by atoms with Gasteiger partial charge in [0.1, 0.15) is 19.0 Å². The van der Waals surface area contributed by atoms with Crippen LogP contribution in [0.5, 0.6) is 5.75 Å². The third-order valence-electron chi connectivity index (χ3n) is 4.33. The van der Waals surface area contributed by atoms with Gasteiger partial charge < -0.3 is 4.74 Å². The van der Waals surface area contributed by atoms with Crippen LogP contribution in [-0.2, 0) is 21.0 Å². The molecule has 0 aliphatic carbocycles. The number of rotatable bonds is 16. The van der Waals surface area contributed by atoms with E-state index in [2.05, 4.69) is 11.1 Å². The largest absolute Gasteiger partial charge is 0.491 e. The molecule has 1 aromatic carbocycles. The number of unbranched alkanes of at least 4 members (excludes halogenated alkanes) is 9. The van der Waals surface area contributed by atoms with Crippen molar-refractivity contribution >= 4 is 10.4 Å². The Morgan fingerprint density at radius 2 is 1.35 bits per heavy atom. The SMILES string of the molecule is CCCCCCCCCCCCc1ccc(OCCOS(=O)(=O)O)cc1. The van der Waals surface area contributed by atoms with Crippen LogP contribution in [0.3, 0.4) is 0 Å². The molecule has 0 saturated carbocycles. The van der Waals surface area contributed by atoms with Gasteiger partial charge in [0.25, 0.3) is 0 Å². The van der Waals surface area contributed by atoms with Gasteiger partial charge in [0.2, 0.25) is 0 Å². The number of aryl methyl sites for hydroxylation is 1. The van der Waals surface area contributed by atoms with Crippen molar-refractivity contribution in [1.82, 2.24) is 0 Å². The standard InChI is InChI=1S/C20H34O5S/c1-2-3-4-5-6-7-8-9-10-11-12-19-13-15-20(16-14-19)24-17-18-25-26(21,22)23/h13-16H,2-12,17-18H2,1H3,(H,21,22,23). The van der Waals surface area contributed by atoms with Crippen molar-refractivity contribution in [3.63, 3.8) is 0 Å². The zero-order valence-corrected chi connectivity index (χ0v) is 16.8. The first-order valence-electron chi connectivity index (χ1n) is 9.85. The first-order chi connectivity index (χ1) is 12.5. The Morgan fingerprint density at radius 1 is 0.808 bits per heavy atom. The van der Waals surface area contributed by atoms with Gasteiger partial charge in [-0.3, -0.25) is 4.55 Å². The van der Waals surface area contributed by atoms with Gasteiger partial charge in [-0.1, -0.05) is 76.8 Å². The summed E-state index contributed by atoms with van der Waals surface area (Å²) in [6.45, 7) is 2.11. The Morgan fingerprint density at radius 3 is 1.88 bits per heavy atom. The first kappa shape index (κ1) is 22.9. The van der Waals surface area contributed by atoms with Crippen LogP contribution in [-0.4, -0.2) is 26.2 Å². The minimum absolute atomic E-state index is 0.0670. The second-order valence-electron chi connectivity index (χ2n) is 6.67. The number of ether oxygens (including phenoxy) is 1. The van der Waals surface area contributed by atoms with Crippen LogP contribution in [0.1, 0.15) is 76.7 Å². The van der Waals surface area contributed by atoms with Crippen molar-refractivity contribution in [2.24, 2.45) is 0 Å². The normalized spacial score (nSPS) is 11.6. The summed E-state index contributed by atoms with van der Waals surface area (Å²) in [7, 11) is -4.39. The molecule has 0 atom stereocenters. The van der Waals surface area contributed by atoms with Gasteiger partial charge in [-0.2, -0.15) is 8.42 Å². The molecule has 6 heteroatoms. The molecule has 0 heterocycles. The molecule has 0 spiro atoms.